The third-order valence-corrected chi connectivity index (χ3v) is 3.57. The topological polar surface area (TPSA) is 47.8 Å². The van der Waals surface area contributed by atoms with Crippen LogP contribution < -0.4 is 0 Å². The summed E-state index contributed by atoms with van der Waals surface area (Å²) in [5.41, 5.74) is 0.434. The number of pyridine rings is 1. The monoisotopic (exact) mass is 371 g/mol. The largest absolute Gasteiger partial charge is 0.335 e. The van der Waals surface area contributed by atoms with Crippen molar-refractivity contribution in [1.29, 1.82) is 0 Å². The van der Waals surface area contributed by atoms with Gasteiger partial charge in [0.1, 0.15) is 11.5 Å². The number of carbonyl (C=O) groups excluding carboxylic acids is 1. The summed E-state index contributed by atoms with van der Waals surface area (Å²) in [6, 6.07) is 1.81. The summed E-state index contributed by atoms with van der Waals surface area (Å²) in [4.78, 5) is 20.5. The summed E-state index contributed by atoms with van der Waals surface area (Å²) in [5.74, 6) is 0.717. The quantitative estimate of drug-likeness (QED) is 0.774. The Morgan fingerprint density at radius 2 is 2.17 bits per heavy atom. The molecule has 0 saturated heterocycles. The molecule has 0 N–H and O–H groups in total. The molecule has 2 heterocycles. The first-order valence-corrected chi connectivity index (χ1v) is 7.04. The maximum atomic E-state index is 12.2. The van der Waals surface area contributed by atoms with Crippen molar-refractivity contribution in [3.05, 3.63) is 45.1 Å². The van der Waals surface area contributed by atoms with Crippen LogP contribution in [0, 0.1) is 0 Å². The van der Waals surface area contributed by atoms with E-state index in [0.29, 0.717) is 10.2 Å². The van der Waals surface area contributed by atoms with Crippen molar-refractivity contribution in [1.82, 2.24) is 14.5 Å². The minimum atomic E-state index is -0.0460. The van der Waals surface area contributed by atoms with Crippen LogP contribution in [0.2, 0.25) is 0 Å². The second-order valence-corrected chi connectivity index (χ2v) is 5.48. The van der Waals surface area contributed by atoms with Crippen molar-refractivity contribution in [2.24, 2.45) is 0 Å². The molecule has 0 fully saturated rings. The van der Waals surface area contributed by atoms with Crippen molar-refractivity contribution in [2.45, 2.75) is 19.9 Å². The Kier molecular flexibility index (Phi) is 4.29. The molecule has 0 aliphatic carbocycles. The Morgan fingerprint density at radius 3 is 2.83 bits per heavy atom. The van der Waals surface area contributed by atoms with Crippen LogP contribution >= 0.6 is 31.9 Å². The lowest BCUT2D eigenvalue weighted by molar-refractivity contribution is 0.0984. The van der Waals surface area contributed by atoms with E-state index in [1.807, 2.05) is 23.8 Å². The maximum absolute atomic E-state index is 12.2. The fraction of sp³-hybridized carbons (Fsp3) is 0.250. The molecule has 0 unspecified atom stereocenters. The van der Waals surface area contributed by atoms with Crippen molar-refractivity contribution < 1.29 is 4.79 Å². The van der Waals surface area contributed by atoms with Gasteiger partial charge in [0, 0.05) is 34.1 Å². The Bertz CT molecular complexity index is 580. The molecule has 2 aromatic rings. The predicted molar refractivity (Wildman–Crippen MR) is 75.6 cm³/mol. The Hall–Kier alpha value is -1.01. The first-order valence-electron chi connectivity index (χ1n) is 5.46. The van der Waals surface area contributed by atoms with Gasteiger partial charge in [-0.05, 0) is 44.8 Å². The van der Waals surface area contributed by atoms with Gasteiger partial charge in [-0.3, -0.25) is 9.78 Å². The summed E-state index contributed by atoms with van der Waals surface area (Å²) in [6.07, 6.45) is 5.45. The van der Waals surface area contributed by atoms with Crippen molar-refractivity contribution >= 4 is 37.6 Å². The molecule has 0 aliphatic rings. The van der Waals surface area contributed by atoms with Crippen molar-refractivity contribution in [3.63, 3.8) is 0 Å². The van der Waals surface area contributed by atoms with Gasteiger partial charge in [0.2, 0.25) is 0 Å². The van der Waals surface area contributed by atoms with E-state index in [-0.39, 0.29) is 12.2 Å². The highest BCUT2D eigenvalue weighted by molar-refractivity contribution is 9.11. The zero-order valence-corrected chi connectivity index (χ0v) is 12.9. The molecule has 0 bridgehead atoms. The third kappa shape index (κ3) is 2.87. The number of aryl methyl sites for hydroxylation is 1. The smallest absolute Gasteiger partial charge is 0.189 e. The number of carbonyl (C=O) groups is 1. The summed E-state index contributed by atoms with van der Waals surface area (Å²) in [5, 5.41) is 0. The lowest BCUT2D eigenvalue weighted by Gasteiger charge is -2.05. The molecule has 0 aromatic carbocycles. The normalized spacial score (nSPS) is 10.6. The number of ketones is 1. The number of nitrogens with zero attached hydrogens (tertiary/aromatic N) is 3. The van der Waals surface area contributed by atoms with E-state index in [9.17, 15) is 4.79 Å². The molecule has 0 radical (unpaired) electrons. The average molecular weight is 373 g/mol. The van der Waals surface area contributed by atoms with Crippen LogP contribution in [-0.4, -0.2) is 20.3 Å². The molecule has 4 nitrogen and oxygen atoms in total. The molecule has 0 saturated carbocycles. The lowest BCUT2D eigenvalue weighted by Crippen LogP contribution is -2.11. The number of halogens is 2. The van der Waals surface area contributed by atoms with Crippen LogP contribution in [0.25, 0.3) is 0 Å². The molecule has 18 heavy (non-hydrogen) atoms. The highest BCUT2D eigenvalue weighted by atomic mass is 79.9. The van der Waals surface area contributed by atoms with E-state index in [0.717, 1.165) is 16.8 Å². The van der Waals surface area contributed by atoms with Crippen molar-refractivity contribution in [3.8, 4) is 0 Å². The second-order valence-electron chi connectivity index (χ2n) is 3.71. The Morgan fingerprint density at radius 1 is 1.39 bits per heavy atom. The molecule has 2 rings (SSSR count). The number of Topliss-reactive ketones (excluding diaryl/α,β-unsaturated/α-hetero) is 1. The molecule has 94 valence electrons. The van der Waals surface area contributed by atoms with Gasteiger partial charge in [-0.15, -0.1) is 0 Å². The van der Waals surface area contributed by atoms with Crippen LogP contribution in [0.1, 0.15) is 23.2 Å². The third-order valence-electron chi connectivity index (χ3n) is 2.53. The van der Waals surface area contributed by atoms with Gasteiger partial charge in [-0.25, -0.2) is 4.98 Å². The molecular formula is C12H11Br2N3O. The zero-order valence-electron chi connectivity index (χ0n) is 9.73. The van der Waals surface area contributed by atoms with E-state index < -0.39 is 0 Å². The maximum Gasteiger partial charge on any atom is 0.189 e. The minimum absolute atomic E-state index is 0.0460. The van der Waals surface area contributed by atoms with Gasteiger partial charge in [0.25, 0.3) is 0 Å². The molecule has 0 atom stereocenters. The van der Waals surface area contributed by atoms with E-state index in [4.69, 9.17) is 0 Å². The van der Waals surface area contributed by atoms with Crippen LogP contribution in [0.3, 0.4) is 0 Å². The fourth-order valence-electron chi connectivity index (χ4n) is 1.64. The van der Waals surface area contributed by atoms with E-state index in [2.05, 4.69) is 41.8 Å². The molecule has 2 aromatic heterocycles. The summed E-state index contributed by atoms with van der Waals surface area (Å²) >= 11 is 6.66. The van der Waals surface area contributed by atoms with Gasteiger partial charge in [0.05, 0.1) is 6.42 Å². The highest BCUT2D eigenvalue weighted by Gasteiger charge is 2.15. The minimum Gasteiger partial charge on any atom is -0.335 e. The first-order chi connectivity index (χ1) is 8.61. The first kappa shape index (κ1) is 13.4. The van der Waals surface area contributed by atoms with Crippen molar-refractivity contribution in [2.75, 3.05) is 0 Å². The van der Waals surface area contributed by atoms with Gasteiger partial charge >= 0.3 is 0 Å². The van der Waals surface area contributed by atoms with E-state index in [1.165, 1.54) is 0 Å². The van der Waals surface area contributed by atoms with Crippen LogP contribution in [-0.2, 0) is 13.0 Å². The zero-order chi connectivity index (χ0) is 13.1. The predicted octanol–water partition coefficient (Wildman–Crippen LogP) is 3.25. The second kappa shape index (κ2) is 5.75. The number of rotatable bonds is 4. The summed E-state index contributed by atoms with van der Waals surface area (Å²) in [7, 11) is 0. The van der Waals surface area contributed by atoms with E-state index >= 15 is 0 Å². The number of aromatic nitrogens is 3. The van der Waals surface area contributed by atoms with Crippen LogP contribution in [0.15, 0.2) is 33.6 Å². The van der Waals surface area contributed by atoms with E-state index in [1.54, 1.807) is 12.4 Å². The number of imidazole rings is 1. The fourth-order valence-corrected chi connectivity index (χ4v) is 2.85. The SMILES string of the molecule is CCn1ccnc1CC(=O)c1ncc(Br)cc1Br. The van der Waals surface area contributed by atoms with Gasteiger partial charge in [-0.1, -0.05) is 0 Å². The van der Waals surface area contributed by atoms with Gasteiger partial charge in [-0.2, -0.15) is 0 Å². The standard InChI is InChI=1S/C12H11Br2N3O/c1-2-17-4-3-15-11(17)6-10(18)12-9(14)5-8(13)7-16-12/h3-5,7H,2,6H2,1H3. The molecule has 0 amide bonds. The molecular weight excluding hydrogens is 362 g/mol. The Balaban J connectivity index is 2.22. The molecule has 0 spiro atoms. The van der Waals surface area contributed by atoms with Gasteiger partial charge < -0.3 is 4.57 Å². The summed E-state index contributed by atoms with van der Waals surface area (Å²) in [6.45, 7) is 2.82. The van der Waals surface area contributed by atoms with Gasteiger partial charge in [0.15, 0.2) is 5.78 Å². The molecule has 0 aliphatic heterocycles. The van der Waals surface area contributed by atoms with Crippen LogP contribution in [0.4, 0.5) is 0 Å². The Labute approximate surface area is 122 Å². The average Bonchev–Trinajstić information content (AvgIpc) is 2.76. The van der Waals surface area contributed by atoms with Crippen LogP contribution in [0.5, 0.6) is 0 Å². The number of hydrogen-bond donors (Lipinski definition) is 0. The summed E-state index contributed by atoms with van der Waals surface area (Å²) < 4.78 is 3.47. The molecule has 6 heteroatoms. The number of hydrogen-bond acceptors (Lipinski definition) is 3. The highest BCUT2D eigenvalue weighted by Crippen LogP contribution is 2.20. The lowest BCUT2D eigenvalue weighted by atomic mass is 10.2.